The van der Waals surface area contributed by atoms with E-state index in [1.807, 2.05) is 31.2 Å². The second-order valence-corrected chi connectivity index (χ2v) is 2.46. The van der Waals surface area contributed by atoms with E-state index >= 15 is 0 Å². The molecule has 0 spiro atoms. The predicted molar refractivity (Wildman–Crippen MR) is 50.1 cm³/mol. The van der Waals surface area contributed by atoms with E-state index in [0.29, 0.717) is 13.0 Å². The van der Waals surface area contributed by atoms with Crippen molar-refractivity contribution in [3.05, 3.63) is 29.8 Å². The third-order valence-electron chi connectivity index (χ3n) is 1.52. The van der Waals surface area contributed by atoms with Crippen LogP contribution in [0.4, 0.5) is 0 Å². The van der Waals surface area contributed by atoms with Gasteiger partial charge in [-0.25, -0.2) is 0 Å². The molecule has 0 aliphatic heterocycles. The maximum Gasteiger partial charge on any atom is 0.119 e. The molecule has 0 saturated carbocycles. The summed E-state index contributed by atoms with van der Waals surface area (Å²) < 4.78 is 5.32. The highest BCUT2D eigenvalue weighted by molar-refractivity contribution is 5.30. The second-order valence-electron chi connectivity index (χ2n) is 2.46. The quantitative estimate of drug-likeness (QED) is 0.616. The van der Waals surface area contributed by atoms with Gasteiger partial charge in [-0.1, -0.05) is 12.1 Å². The monoisotopic (exact) mass is 160 g/mol. The Kier molecular flexibility index (Phi) is 3.22. The van der Waals surface area contributed by atoms with E-state index in [9.17, 15) is 0 Å². The Balaban J connectivity index is 2.75. The lowest BCUT2D eigenvalue weighted by atomic mass is 10.1. The highest BCUT2D eigenvalue weighted by atomic mass is 16.5. The average Bonchev–Trinajstić information content (AvgIpc) is 2.06. The molecule has 0 atom stereocenters. The second kappa shape index (κ2) is 4.46. The summed E-state index contributed by atoms with van der Waals surface area (Å²) >= 11 is 0. The zero-order valence-electron chi connectivity index (χ0n) is 7.21. The number of ether oxygens (including phenoxy) is 1. The van der Waals surface area contributed by atoms with Crippen LogP contribution < -0.4 is 4.74 Å². The maximum atomic E-state index is 5.32. The summed E-state index contributed by atoms with van der Waals surface area (Å²) in [4.78, 5) is 0. The minimum Gasteiger partial charge on any atom is -0.494 e. The summed E-state index contributed by atoms with van der Waals surface area (Å²) in [5.74, 6) is 3.49. The molecule has 0 amide bonds. The van der Waals surface area contributed by atoms with Crippen molar-refractivity contribution in [2.45, 2.75) is 13.3 Å². The summed E-state index contributed by atoms with van der Waals surface area (Å²) in [5.41, 5.74) is 1.13. The molecular formula is C11H12O. The first-order valence-corrected chi connectivity index (χ1v) is 4.02. The molecule has 0 saturated heterocycles. The molecule has 0 heterocycles. The fraction of sp³-hybridized carbons (Fsp3) is 0.273. The molecular weight excluding hydrogens is 148 g/mol. The molecule has 0 unspecified atom stereocenters. The third-order valence-corrected chi connectivity index (χ3v) is 1.52. The van der Waals surface area contributed by atoms with Crippen molar-refractivity contribution >= 4 is 0 Å². The average molecular weight is 160 g/mol. The van der Waals surface area contributed by atoms with Gasteiger partial charge in [0.15, 0.2) is 0 Å². The number of rotatable bonds is 3. The summed E-state index contributed by atoms with van der Waals surface area (Å²) in [6, 6.07) is 7.87. The Hall–Kier alpha value is -1.42. The molecule has 0 aromatic heterocycles. The van der Waals surface area contributed by atoms with Crippen molar-refractivity contribution in [3.8, 4) is 18.1 Å². The molecule has 0 radical (unpaired) electrons. The van der Waals surface area contributed by atoms with E-state index in [0.717, 1.165) is 11.3 Å². The van der Waals surface area contributed by atoms with E-state index in [2.05, 4.69) is 5.92 Å². The van der Waals surface area contributed by atoms with Gasteiger partial charge in [0.1, 0.15) is 5.75 Å². The Labute approximate surface area is 73.4 Å². The number of hydrogen-bond acceptors (Lipinski definition) is 1. The van der Waals surface area contributed by atoms with Gasteiger partial charge in [0, 0.05) is 6.42 Å². The van der Waals surface area contributed by atoms with E-state index in [-0.39, 0.29) is 0 Å². The number of terminal acetylenes is 1. The molecule has 0 fully saturated rings. The zero-order valence-corrected chi connectivity index (χ0v) is 7.21. The number of benzene rings is 1. The van der Waals surface area contributed by atoms with Crippen molar-refractivity contribution < 1.29 is 4.74 Å². The summed E-state index contributed by atoms with van der Waals surface area (Å²) in [7, 11) is 0. The van der Waals surface area contributed by atoms with E-state index in [1.165, 1.54) is 0 Å². The van der Waals surface area contributed by atoms with Crippen LogP contribution in [0, 0.1) is 12.3 Å². The Morgan fingerprint density at radius 2 is 2.33 bits per heavy atom. The smallest absolute Gasteiger partial charge is 0.119 e. The first-order chi connectivity index (χ1) is 5.86. The van der Waals surface area contributed by atoms with Gasteiger partial charge in [-0.05, 0) is 24.6 Å². The molecule has 1 heteroatoms. The van der Waals surface area contributed by atoms with Gasteiger partial charge in [0.25, 0.3) is 0 Å². The minimum absolute atomic E-state index is 0.668. The van der Waals surface area contributed by atoms with Gasteiger partial charge >= 0.3 is 0 Å². The van der Waals surface area contributed by atoms with E-state index in [1.54, 1.807) is 0 Å². The molecule has 1 aromatic carbocycles. The SMILES string of the molecule is C#CCc1cccc(OCC)c1. The van der Waals surface area contributed by atoms with Crippen LogP contribution in [0.25, 0.3) is 0 Å². The Morgan fingerprint density at radius 3 is 3.00 bits per heavy atom. The molecule has 12 heavy (non-hydrogen) atoms. The van der Waals surface area contributed by atoms with Crippen LogP contribution in [0.15, 0.2) is 24.3 Å². The first kappa shape index (κ1) is 8.67. The van der Waals surface area contributed by atoms with Gasteiger partial charge in [-0.2, -0.15) is 0 Å². The van der Waals surface area contributed by atoms with Crippen molar-refractivity contribution in [1.82, 2.24) is 0 Å². The van der Waals surface area contributed by atoms with Crippen molar-refractivity contribution in [1.29, 1.82) is 0 Å². The first-order valence-electron chi connectivity index (χ1n) is 4.02. The molecule has 1 nitrogen and oxygen atoms in total. The van der Waals surface area contributed by atoms with Crippen molar-refractivity contribution in [2.24, 2.45) is 0 Å². The standard InChI is InChI=1S/C11H12O/c1-3-6-10-7-5-8-11(9-10)12-4-2/h1,5,7-9H,4,6H2,2H3. The van der Waals surface area contributed by atoms with Crippen LogP contribution in [0.1, 0.15) is 12.5 Å². The zero-order chi connectivity index (χ0) is 8.81. The Bertz CT molecular complexity index is 283. The van der Waals surface area contributed by atoms with Crippen molar-refractivity contribution in [3.63, 3.8) is 0 Å². The highest BCUT2D eigenvalue weighted by Gasteiger charge is 1.93. The lowest BCUT2D eigenvalue weighted by Gasteiger charge is -2.03. The van der Waals surface area contributed by atoms with Gasteiger partial charge in [-0.15, -0.1) is 12.3 Å². The lowest BCUT2D eigenvalue weighted by Crippen LogP contribution is -1.91. The highest BCUT2D eigenvalue weighted by Crippen LogP contribution is 2.13. The van der Waals surface area contributed by atoms with Crippen molar-refractivity contribution in [2.75, 3.05) is 6.61 Å². The molecule has 0 aliphatic rings. The third kappa shape index (κ3) is 2.32. The molecule has 0 bridgehead atoms. The van der Waals surface area contributed by atoms with Crippen LogP contribution in [-0.2, 0) is 6.42 Å². The van der Waals surface area contributed by atoms with Crippen LogP contribution in [0.5, 0.6) is 5.75 Å². The Morgan fingerprint density at radius 1 is 1.50 bits per heavy atom. The van der Waals surface area contributed by atoms with Gasteiger partial charge in [-0.3, -0.25) is 0 Å². The maximum absolute atomic E-state index is 5.32. The number of hydrogen-bond donors (Lipinski definition) is 0. The molecule has 0 aliphatic carbocycles. The minimum atomic E-state index is 0.668. The summed E-state index contributed by atoms with van der Waals surface area (Å²) in [5, 5.41) is 0. The predicted octanol–water partition coefficient (Wildman–Crippen LogP) is 2.26. The fourth-order valence-corrected chi connectivity index (χ4v) is 1.03. The van der Waals surface area contributed by atoms with Crippen LogP contribution in [-0.4, -0.2) is 6.61 Å². The van der Waals surface area contributed by atoms with Gasteiger partial charge in [0.05, 0.1) is 6.61 Å². The molecule has 1 aromatic rings. The van der Waals surface area contributed by atoms with Crippen LogP contribution in [0.2, 0.25) is 0 Å². The molecule has 1 rings (SSSR count). The summed E-state index contributed by atoms with van der Waals surface area (Å²) in [6.45, 7) is 2.66. The topological polar surface area (TPSA) is 9.23 Å². The lowest BCUT2D eigenvalue weighted by molar-refractivity contribution is 0.340. The molecule has 0 N–H and O–H groups in total. The van der Waals surface area contributed by atoms with Gasteiger partial charge < -0.3 is 4.74 Å². The largest absolute Gasteiger partial charge is 0.494 e. The van der Waals surface area contributed by atoms with Gasteiger partial charge in [0.2, 0.25) is 0 Å². The fourth-order valence-electron chi connectivity index (χ4n) is 1.03. The van der Waals surface area contributed by atoms with E-state index < -0.39 is 0 Å². The van der Waals surface area contributed by atoms with E-state index in [4.69, 9.17) is 11.2 Å². The van der Waals surface area contributed by atoms with Crippen LogP contribution >= 0.6 is 0 Å². The van der Waals surface area contributed by atoms with Crippen LogP contribution in [0.3, 0.4) is 0 Å². The normalized spacial score (nSPS) is 9.00. The molecule has 62 valence electrons. The summed E-state index contributed by atoms with van der Waals surface area (Å²) in [6.07, 6.45) is 5.86.